The SMILES string of the molecule is COc1ccc(-c2csc(C(C#N)=C3CCCCC3)n2)cc1. The Hall–Kier alpha value is -2.12. The van der Waals surface area contributed by atoms with Crippen molar-refractivity contribution >= 4 is 16.9 Å². The lowest BCUT2D eigenvalue weighted by atomic mass is 9.91. The molecule has 0 aliphatic heterocycles. The van der Waals surface area contributed by atoms with Gasteiger partial charge in [-0.3, -0.25) is 0 Å². The molecular weight excluding hydrogens is 292 g/mol. The molecular formula is C18H18N2OS. The molecule has 1 aromatic heterocycles. The fraction of sp³-hybridized carbons (Fsp3) is 0.333. The summed E-state index contributed by atoms with van der Waals surface area (Å²) in [4.78, 5) is 4.68. The topological polar surface area (TPSA) is 45.9 Å². The quantitative estimate of drug-likeness (QED) is 0.744. The average molecular weight is 310 g/mol. The largest absolute Gasteiger partial charge is 0.497 e. The lowest BCUT2D eigenvalue weighted by Crippen LogP contribution is -1.97. The van der Waals surface area contributed by atoms with Crippen molar-refractivity contribution in [1.82, 2.24) is 4.98 Å². The van der Waals surface area contributed by atoms with Crippen LogP contribution in [0.25, 0.3) is 16.8 Å². The number of nitrogens with zero attached hydrogens (tertiary/aromatic N) is 2. The van der Waals surface area contributed by atoms with E-state index in [0.29, 0.717) is 0 Å². The number of aromatic nitrogens is 1. The highest BCUT2D eigenvalue weighted by molar-refractivity contribution is 7.11. The molecule has 1 aromatic carbocycles. The van der Waals surface area contributed by atoms with Gasteiger partial charge >= 0.3 is 0 Å². The molecule has 112 valence electrons. The molecule has 1 aliphatic rings. The minimum atomic E-state index is 0.796. The highest BCUT2D eigenvalue weighted by Crippen LogP contribution is 2.33. The van der Waals surface area contributed by atoms with Crippen LogP contribution in [0.1, 0.15) is 37.1 Å². The van der Waals surface area contributed by atoms with Crippen LogP contribution in [0.5, 0.6) is 5.75 Å². The van der Waals surface area contributed by atoms with Crippen LogP contribution in [-0.2, 0) is 0 Å². The van der Waals surface area contributed by atoms with Gasteiger partial charge in [-0.15, -0.1) is 11.3 Å². The zero-order chi connectivity index (χ0) is 15.4. The third kappa shape index (κ3) is 3.05. The Morgan fingerprint density at radius 1 is 1.18 bits per heavy atom. The van der Waals surface area contributed by atoms with Gasteiger partial charge in [-0.05, 0) is 55.5 Å². The van der Waals surface area contributed by atoms with Crippen molar-refractivity contribution in [2.24, 2.45) is 0 Å². The molecule has 0 saturated heterocycles. The van der Waals surface area contributed by atoms with Crippen molar-refractivity contribution in [3.8, 4) is 23.1 Å². The van der Waals surface area contributed by atoms with Crippen molar-refractivity contribution in [1.29, 1.82) is 5.26 Å². The van der Waals surface area contributed by atoms with E-state index < -0.39 is 0 Å². The molecule has 22 heavy (non-hydrogen) atoms. The Bertz CT molecular complexity index is 714. The van der Waals surface area contributed by atoms with Gasteiger partial charge < -0.3 is 4.74 Å². The summed E-state index contributed by atoms with van der Waals surface area (Å²) in [6, 6.07) is 10.2. The van der Waals surface area contributed by atoms with Crippen molar-refractivity contribution in [3.05, 3.63) is 40.2 Å². The zero-order valence-electron chi connectivity index (χ0n) is 12.6. The maximum Gasteiger partial charge on any atom is 0.134 e. The van der Waals surface area contributed by atoms with Crippen LogP contribution in [0.15, 0.2) is 35.2 Å². The molecule has 4 heteroatoms. The second kappa shape index (κ2) is 6.76. The maximum atomic E-state index is 9.52. The Kier molecular flexibility index (Phi) is 4.55. The molecule has 0 amide bonds. The minimum absolute atomic E-state index is 0.796. The smallest absolute Gasteiger partial charge is 0.134 e. The van der Waals surface area contributed by atoms with E-state index >= 15 is 0 Å². The van der Waals surface area contributed by atoms with Crippen LogP contribution in [0.2, 0.25) is 0 Å². The first-order chi connectivity index (χ1) is 10.8. The highest BCUT2D eigenvalue weighted by atomic mass is 32.1. The van der Waals surface area contributed by atoms with Crippen LogP contribution in [0.3, 0.4) is 0 Å². The molecule has 0 unspecified atom stereocenters. The summed E-state index contributed by atoms with van der Waals surface area (Å²) in [7, 11) is 1.66. The van der Waals surface area contributed by atoms with Crippen molar-refractivity contribution in [2.45, 2.75) is 32.1 Å². The van der Waals surface area contributed by atoms with Gasteiger partial charge in [0.1, 0.15) is 16.8 Å². The predicted molar refractivity (Wildman–Crippen MR) is 89.7 cm³/mol. The van der Waals surface area contributed by atoms with Crippen molar-refractivity contribution in [3.63, 3.8) is 0 Å². The van der Waals surface area contributed by atoms with Gasteiger partial charge in [-0.25, -0.2) is 4.98 Å². The normalized spacial score (nSPS) is 14.5. The van der Waals surface area contributed by atoms with E-state index in [0.717, 1.165) is 40.4 Å². The summed E-state index contributed by atoms with van der Waals surface area (Å²) >= 11 is 1.56. The number of allylic oxidation sites excluding steroid dienone is 2. The number of benzene rings is 1. The van der Waals surface area contributed by atoms with E-state index in [1.807, 2.05) is 29.6 Å². The standard InChI is InChI=1S/C18H18N2OS/c1-21-15-9-7-14(8-10-15)17-12-22-18(20-17)16(11-19)13-5-3-2-4-6-13/h7-10,12H,2-6H2,1H3. The van der Waals surface area contributed by atoms with E-state index in [1.54, 1.807) is 18.4 Å². The average Bonchev–Trinajstić information content (AvgIpc) is 3.06. The van der Waals surface area contributed by atoms with Crippen LogP contribution < -0.4 is 4.74 Å². The molecule has 1 heterocycles. The third-order valence-electron chi connectivity index (χ3n) is 4.03. The molecule has 0 atom stereocenters. The van der Waals surface area contributed by atoms with Crippen LogP contribution in [-0.4, -0.2) is 12.1 Å². The summed E-state index contributed by atoms with van der Waals surface area (Å²) in [5.74, 6) is 0.834. The summed E-state index contributed by atoms with van der Waals surface area (Å²) in [5, 5.41) is 12.4. The van der Waals surface area contributed by atoms with Crippen molar-refractivity contribution < 1.29 is 4.74 Å². The Balaban J connectivity index is 1.90. The van der Waals surface area contributed by atoms with Gasteiger partial charge in [0.15, 0.2) is 0 Å². The maximum absolute atomic E-state index is 9.52. The van der Waals surface area contributed by atoms with E-state index in [2.05, 4.69) is 11.1 Å². The molecule has 2 aromatic rings. The molecule has 1 saturated carbocycles. The van der Waals surface area contributed by atoms with E-state index in [-0.39, 0.29) is 0 Å². The van der Waals surface area contributed by atoms with Gasteiger partial charge in [-0.2, -0.15) is 5.26 Å². The molecule has 3 rings (SSSR count). The number of methoxy groups -OCH3 is 1. The first-order valence-electron chi connectivity index (χ1n) is 7.54. The highest BCUT2D eigenvalue weighted by Gasteiger charge is 2.16. The fourth-order valence-corrected chi connectivity index (χ4v) is 3.66. The number of ether oxygens (including phenoxy) is 1. The summed E-state index contributed by atoms with van der Waals surface area (Å²) in [6.45, 7) is 0. The number of hydrogen-bond donors (Lipinski definition) is 0. The molecule has 0 radical (unpaired) electrons. The second-order valence-electron chi connectivity index (χ2n) is 5.42. The number of thiazole rings is 1. The van der Waals surface area contributed by atoms with Crippen molar-refractivity contribution in [2.75, 3.05) is 7.11 Å². The summed E-state index contributed by atoms with van der Waals surface area (Å²) < 4.78 is 5.18. The van der Waals surface area contributed by atoms with Gasteiger partial charge in [0.05, 0.1) is 18.4 Å². The van der Waals surface area contributed by atoms with Gasteiger partial charge in [0.2, 0.25) is 0 Å². The van der Waals surface area contributed by atoms with E-state index in [9.17, 15) is 5.26 Å². The lowest BCUT2D eigenvalue weighted by Gasteiger charge is -2.14. The Morgan fingerprint density at radius 3 is 2.55 bits per heavy atom. The van der Waals surface area contributed by atoms with Gasteiger partial charge in [0.25, 0.3) is 0 Å². The van der Waals surface area contributed by atoms with E-state index in [1.165, 1.54) is 24.8 Å². The van der Waals surface area contributed by atoms with Crippen LogP contribution >= 0.6 is 11.3 Å². The molecule has 1 aliphatic carbocycles. The first-order valence-corrected chi connectivity index (χ1v) is 8.42. The van der Waals surface area contributed by atoms with Gasteiger partial charge in [0, 0.05) is 10.9 Å². The van der Waals surface area contributed by atoms with Crippen LogP contribution in [0, 0.1) is 11.3 Å². The molecule has 3 nitrogen and oxygen atoms in total. The third-order valence-corrected chi connectivity index (χ3v) is 4.89. The number of hydrogen-bond acceptors (Lipinski definition) is 4. The summed E-state index contributed by atoms with van der Waals surface area (Å²) in [6.07, 6.45) is 5.74. The lowest BCUT2D eigenvalue weighted by molar-refractivity contribution is 0.415. The second-order valence-corrected chi connectivity index (χ2v) is 6.28. The fourth-order valence-electron chi connectivity index (χ4n) is 2.79. The number of nitriles is 1. The minimum Gasteiger partial charge on any atom is -0.497 e. The molecule has 0 bridgehead atoms. The Labute approximate surface area is 134 Å². The first kappa shape index (κ1) is 14.8. The Morgan fingerprint density at radius 2 is 1.91 bits per heavy atom. The monoisotopic (exact) mass is 310 g/mol. The predicted octanol–water partition coefficient (Wildman–Crippen LogP) is 5.06. The molecule has 1 fully saturated rings. The molecule has 0 N–H and O–H groups in total. The molecule has 0 spiro atoms. The van der Waals surface area contributed by atoms with Crippen LogP contribution in [0.4, 0.5) is 0 Å². The summed E-state index contributed by atoms with van der Waals surface area (Å²) in [5.41, 5.74) is 4.05. The van der Waals surface area contributed by atoms with E-state index in [4.69, 9.17) is 4.74 Å². The number of rotatable bonds is 3. The zero-order valence-corrected chi connectivity index (χ0v) is 13.4. The van der Waals surface area contributed by atoms with Gasteiger partial charge in [-0.1, -0.05) is 6.42 Å².